The smallest absolute Gasteiger partial charge is 0.394 e. The lowest BCUT2D eigenvalue weighted by molar-refractivity contribution is -0.359. The number of alkyl halides is 3. The molecule has 0 amide bonds. The summed E-state index contributed by atoms with van der Waals surface area (Å²) >= 11 is 0. The maximum atomic E-state index is 12.0. The second-order valence-electron chi connectivity index (χ2n) is 5.35. The molecule has 1 saturated heterocycles. The van der Waals surface area contributed by atoms with E-state index in [9.17, 15) is 18.3 Å². The van der Waals surface area contributed by atoms with Gasteiger partial charge in [0.15, 0.2) is 0 Å². The minimum Gasteiger partial charge on any atom is -0.394 e. The molecule has 1 aliphatic carbocycles. The van der Waals surface area contributed by atoms with Gasteiger partial charge in [0, 0.05) is 18.9 Å². The van der Waals surface area contributed by atoms with Crippen molar-refractivity contribution in [1.82, 2.24) is 0 Å². The van der Waals surface area contributed by atoms with Crippen LogP contribution in [-0.2, 0) is 14.2 Å². The van der Waals surface area contributed by atoms with Crippen LogP contribution in [0.4, 0.5) is 13.2 Å². The molecule has 0 spiro atoms. The molecule has 0 aromatic heterocycles. The molecule has 1 aliphatic heterocycles. The van der Waals surface area contributed by atoms with E-state index in [0.29, 0.717) is 13.0 Å². The van der Waals surface area contributed by atoms with Crippen molar-refractivity contribution in [2.24, 2.45) is 5.73 Å². The van der Waals surface area contributed by atoms with E-state index in [0.717, 1.165) is 6.42 Å². The van der Waals surface area contributed by atoms with E-state index in [1.54, 1.807) is 0 Å². The predicted octanol–water partition coefficient (Wildman–Crippen LogP) is 1.36. The number of ether oxygens (including phenoxy) is 3. The van der Waals surface area contributed by atoms with Gasteiger partial charge in [-0.25, -0.2) is 0 Å². The Labute approximate surface area is 127 Å². The molecule has 1 heterocycles. The van der Waals surface area contributed by atoms with Crippen LogP contribution in [0, 0.1) is 0 Å². The molecule has 2 aliphatic rings. The third-order valence-electron chi connectivity index (χ3n) is 3.66. The molecule has 3 N–H and O–H groups in total. The fraction of sp³-hybridized carbons (Fsp3) is 1.00. The first-order valence-electron chi connectivity index (χ1n) is 6.75. The molecule has 3 atom stereocenters. The molecule has 5 nitrogen and oxygen atoms in total. The van der Waals surface area contributed by atoms with E-state index in [4.69, 9.17) is 15.2 Å². The van der Waals surface area contributed by atoms with Crippen molar-refractivity contribution >= 4 is 12.4 Å². The first-order chi connectivity index (χ1) is 9.37. The van der Waals surface area contributed by atoms with Crippen LogP contribution in [0.2, 0.25) is 0 Å². The Kier molecular flexibility index (Phi) is 7.15. The van der Waals surface area contributed by atoms with Crippen LogP contribution in [0.1, 0.15) is 25.7 Å². The van der Waals surface area contributed by atoms with Crippen molar-refractivity contribution in [3.05, 3.63) is 0 Å². The zero-order valence-corrected chi connectivity index (χ0v) is 12.2. The minimum atomic E-state index is -4.60. The van der Waals surface area contributed by atoms with Gasteiger partial charge in [-0.2, -0.15) is 0 Å². The average Bonchev–Trinajstić information content (AvgIpc) is 2.32. The quantitative estimate of drug-likeness (QED) is 0.793. The second-order valence-corrected chi connectivity index (χ2v) is 5.35. The summed E-state index contributed by atoms with van der Waals surface area (Å²) < 4.78 is 50.9. The van der Waals surface area contributed by atoms with Gasteiger partial charge in [-0.1, -0.05) is 0 Å². The fourth-order valence-electron chi connectivity index (χ4n) is 2.49. The highest BCUT2D eigenvalue weighted by Crippen LogP contribution is 2.33. The molecule has 2 fully saturated rings. The monoisotopic (exact) mass is 335 g/mol. The normalized spacial score (nSPS) is 34.7. The van der Waals surface area contributed by atoms with Crippen molar-refractivity contribution in [1.29, 1.82) is 0 Å². The van der Waals surface area contributed by atoms with Gasteiger partial charge < -0.3 is 20.3 Å². The van der Waals surface area contributed by atoms with Gasteiger partial charge in [0.2, 0.25) is 0 Å². The molecule has 9 heteroatoms. The van der Waals surface area contributed by atoms with Crippen LogP contribution >= 0.6 is 12.4 Å². The first-order valence-corrected chi connectivity index (χ1v) is 6.75. The maximum absolute atomic E-state index is 12.0. The maximum Gasteiger partial charge on any atom is 0.522 e. The molecule has 0 aromatic carbocycles. The number of hydrogen-bond acceptors (Lipinski definition) is 5. The van der Waals surface area contributed by atoms with E-state index in [2.05, 4.69) is 4.74 Å². The minimum absolute atomic E-state index is 0. The van der Waals surface area contributed by atoms with Crippen molar-refractivity contribution in [3.63, 3.8) is 0 Å². The molecule has 21 heavy (non-hydrogen) atoms. The SMILES string of the molecule is Cl.N[C@@H]1CC[C@@H](C(CO)OC2CC(OC(F)(F)F)C2)OC1. The Morgan fingerprint density at radius 1 is 1.24 bits per heavy atom. The highest BCUT2D eigenvalue weighted by Gasteiger charge is 2.42. The van der Waals surface area contributed by atoms with Gasteiger partial charge in [0.05, 0.1) is 31.5 Å². The Balaban J connectivity index is 0.00000220. The number of nitrogens with two attached hydrogens (primary N) is 1. The number of aliphatic hydroxyl groups is 1. The summed E-state index contributed by atoms with van der Waals surface area (Å²) in [6.45, 7) is 0.191. The van der Waals surface area contributed by atoms with Gasteiger partial charge in [0.1, 0.15) is 6.10 Å². The van der Waals surface area contributed by atoms with E-state index in [-0.39, 0.29) is 50.1 Å². The molecular formula is C12H21ClF3NO4. The Hall–Kier alpha value is -0.120. The van der Waals surface area contributed by atoms with Crippen LogP contribution in [0.15, 0.2) is 0 Å². The molecular weight excluding hydrogens is 315 g/mol. The summed E-state index contributed by atoms with van der Waals surface area (Å²) in [5, 5.41) is 9.32. The van der Waals surface area contributed by atoms with Crippen LogP contribution in [0.5, 0.6) is 0 Å². The number of aliphatic hydroxyl groups excluding tert-OH is 1. The molecule has 2 rings (SSSR count). The van der Waals surface area contributed by atoms with E-state index < -0.39 is 18.6 Å². The second kappa shape index (κ2) is 7.94. The van der Waals surface area contributed by atoms with Gasteiger partial charge in [-0.05, 0) is 12.8 Å². The third kappa shape index (κ3) is 5.88. The van der Waals surface area contributed by atoms with Crippen molar-refractivity contribution in [2.45, 2.75) is 62.5 Å². The highest BCUT2D eigenvalue weighted by atomic mass is 35.5. The van der Waals surface area contributed by atoms with E-state index in [1.807, 2.05) is 0 Å². The zero-order valence-electron chi connectivity index (χ0n) is 11.4. The van der Waals surface area contributed by atoms with Crippen molar-refractivity contribution in [2.75, 3.05) is 13.2 Å². The Morgan fingerprint density at radius 3 is 2.38 bits per heavy atom. The Morgan fingerprint density at radius 2 is 1.90 bits per heavy atom. The third-order valence-corrected chi connectivity index (χ3v) is 3.66. The largest absolute Gasteiger partial charge is 0.522 e. The molecule has 1 unspecified atom stereocenters. The highest BCUT2D eigenvalue weighted by molar-refractivity contribution is 5.85. The number of halogens is 4. The van der Waals surface area contributed by atoms with Crippen LogP contribution < -0.4 is 5.73 Å². The lowest BCUT2D eigenvalue weighted by Crippen LogP contribution is -2.48. The van der Waals surface area contributed by atoms with E-state index >= 15 is 0 Å². The van der Waals surface area contributed by atoms with Gasteiger partial charge in [0.25, 0.3) is 0 Å². The summed E-state index contributed by atoms with van der Waals surface area (Å²) in [5.41, 5.74) is 5.70. The number of hydrogen-bond donors (Lipinski definition) is 2. The molecule has 1 saturated carbocycles. The van der Waals surface area contributed by atoms with Gasteiger partial charge in [-0.3, -0.25) is 4.74 Å². The summed E-state index contributed by atoms with van der Waals surface area (Å²) in [6, 6.07) is -0.00105. The summed E-state index contributed by atoms with van der Waals surface area (Å²) in [5.74, 6) is 0. The van der Waals surface area contributed by atoms with Crippen LogP contribution in [-0.4, -0.2) is 55.1 Å². The molecule has 0 radical (unpaired) electrons. The fourth-order valence-corrected chi connectivity index (χ4v) is 2.49. The molecule has 0 bridgehead atoms. The predicted molar refractivity (Wildman–Crippen MR) is 70.1 cm³/mol. The van der Waals surface area contributed by atoms with Crippen LogP contribution in [0.3, 0.4) is 0 Å². The molecule has 0 aromatic rings. The van der Waals surface area contributed by atoms with Gasteiger partial charge >= 0.3 is 6.36 Å². The first kappa shape index (κ1) is 18.9. The zero-order chi connectivity index (χ0) is 14.8. The van der Waals surface area contributed by atoms with Crippen LogP contribution in [0.25, 0.3) is 0 Å². The number of rotatable bonds is 5. The van der Waals surface area contributed by atoms with Gasteiger partial charge in [-0.15, -0.1) is 25.6 Å². The van der Waals surface area contributed by atoms with E-state index in [1.165, 1.54) is 0 Å². The summed E-state index contributed by atoms with van der Waals surface area (Å²) in [4.78, 5) is 0. The Bertz CT molecular complexity index is 307. The summed E-state index contributed by atoms with van der Waals surface area (Å²) in [6.07, 6.45) is -4.70. The van der Waals surface area contributed by atoms with Crippen molar-refractivity contribution < 1.29 is 32.5 Å². The standard InChI is InChI=1S/C12H20F3NO4.ClH/c13-12(14,15)20-9-3-8(4-9)19-11(5-17)10-2-1-7(16)6-18-10;/h7-11,17H,1-6,16H2;1H/t7-,8?,9?,10+,11?;/m1./s1. The van der Waals surface area contributed by atoms with Crippen molar-refractivity contribution in [3.8, 4) is 0 Å². The lowest BCUT2D eigenvalue weighted by atomic mass is 9.91. The topological polar surface area (TPSA) is 73.9 Å². The molecule has 126 valence electrons. The average molecular weight is 336 g/mol. The lowest BCUT2D eigenvalue weighted by Gasteiger charge is -2.39. The summed E-state index contributed by atoms with van der Waals surface area (Å²) in [7, 11) is 0.